The minimum absolute atomic E-state index is 0. The molecule has 0 atom stereocenters. The van der Waals surface area contributed by atoms with E-state index in [-0.39, 0.29) is 12.4 Å². The molecule has 0 aliphatic rings. The zero-order chi connectivity index (χ0) is 2.71. The number of hydrogen-bond donors (Lipinski definition) is 0. The van der Waals surface area contributed by atoms with Crippen molar-refractivity contribution in [3.05, 3.63) is 0 Å². The fourth-order valence-corrected chi connectivity index (χ4v) is 0. The van der Waals surface area contributed by atoms with Crippen LogP contribution in [0.25, 0.3) is 0 Å². The third-order valence-corrected chi connectivity index (χ3v) is 0. The Morgan fingerprint density at radius 2 is 1.75 bits per heavy atom. The maximum atomic E-state index is 4.06. The second-order valence-corrected chi connectivity index (χ2v) is 0.636. The molecule has 0 aliphatic heterocycles. The summed E-state index contributed by atoms with van der Waals surface area (Å²) in [6.45, 7) is 0. The van der Waals surface area contributed by atoms with Gasteiger partial charge in [-0.15, -0.1) is 12.4 Å². The molecule has 0 spiro atoms. The summed E-state index contributed by atoms with van der Waals surface area (Å²) in [7, 11) is 1.54. The van der Waals surface area contributed by atoms with Crippen LogP contribution in [-0.4, -0.2) is 7.11 Å². The molecule has 3 heteroatoms. The van der Waals surface area contributed by atoms with E-state index in [0.717, 1.165) is 0 Å². The smallest absolute Gasteiger partial charge is 0.147 e. The van der Waals surface area contributed by atoms with Crippen molar-refractivity contribution < 1.29 is 20.2 Å². The van der Waals surface area contributed by atoms with E-state index in [9.17, 15) is 0 Å². The average molecular weight is 122 g/mol. The number of rotatable bonds is 0. The van der Waals surface area contributed by atoms with Gasteiger partial charge in [0.25, 0.3) is 0 Å². The summed E-state index contributed by atoms with van der Waals surface area (Å²) in [6.07, 6.45) is 0. The average Bonchev–Trinajstić information content (AvgIpc) is 0.918. The molecule has 0 fully saturated rings. The summed E-state index contributed by atoms with van der Waals surface area (Å²) in [4.78, 5) is 0. The van der Waals surface area contributed by atoms with Crippen LogP contribution in [-0.2, 0) is 20.2 Å². The summed E-state index contributed by atoms with van der Waals surface area (Å²) in [5, 5.41) is 0. The fourth-order valence-electron chi connectivity index (χ4n) is 0. The Hall–Kier alpha value is 0.769. The first-order chi connectivity index (χ1) is 1.41. The van der Waals surface area contributed by atoms with Crippen molar-refractivity contribution in [2.45, 2.75) is 0 Å². The van der Waals surface area contributed by atoms with Gasteiger partial charge in [-0.05, 0) is 0 Å². The molecule has 0 amide bonds. The third kappa shape index (κ3) is 14.6. The van der Waals surface area contributed by atoms with E-state index in [1.165, 1.54) is 0 Å². The van der Waals surface area contributed by atoms with Crippen LogP contribution >= 0.6 is 12.4 Å². The summed E-state index contributed by atoms with van der Waals surface area (Å²) in [5.41, 5.74) is 0. The molecule has 0 aromatic rings. The van der Waals surface area contributed by atoms with Gasteiger partial charge in [0.2, 0.25) is 0 Å². The van der Waals surface area contributed by atoms with Crippen LogP contribution in [0.2, 0.25) is 0 Å². The number of halogens is 1. The molecule has 4 heavy (non-hydrogen) atoms. The second kappa shape index (κ2) is 9.23. The molecule has 0 unspecified atom stereocenters. The molecule has 0 radical (unpaired) electrons. The van der Waals surface area contributed by atoms with E-state index in [1.807, 2.05) is 0 Å². The quantitative estimate of drug-likeness (QED) is 0.426. The van der Waals surface area contributed by atoms with Crippen LogP contribution in [0.1, 0.15) is 0 Å². The van der Waals surface area contributed by atoms with Crippen molar-refractivity contribution in [1.82, 2.24) is 0 Å². The van der Waals surface area contributed by atoms with Crippen molar-refractivity contribution in [2.24, 2.45) is 0 Å². The van der Waals surface area contributed by atoms with Crippen molar-refractivity contribution in [3.8, 4) is 0 Å². The van der Waals surface area contributed by atoms with Crippen LogP contribution in [0.4, 0.5) is 0 Å². The standard InChI is InChI=1S/CH3O.ClH.Mn/c1-2;;/h1H3;1H;/q-1;;+1. The molecule has 0 aromatic heterocycles. The van der Waals surface area contributed by atoms with Crippen LogP contribution < -0.4 is 0 Å². The van der Waals surface area contributed by atoms with Gasteiger partial charge in [-0.25, -0.2) is 0 Å². The van der Waals surface area contributed by atoms with Gasteiger partial charge in [-0.3, -0.25) is 0 Å². The second-order valence-electron chi connectivity index (χ2n) is 0.154. The minimum Gasteiger partial charge on any atom is -0.147 e. The van der Waals surface area contributed by atoms with E-state index < -0.39 is 0 Å². The van der Waals surface area contributed by atoms with Crippen molar-refractivity contribution in [3.63, 3.8) is 0 Å². The molecule has 0 rings (SSSR count). The topological polar surface area (TPSA) is 9.23 Å². The Bertz CT molecular complexity index is 8.00. The van der Waals surface area contributed by atoms with Gasteiger partial charge in [0, 0.05) is 0 Å². The van der Waals surface area contributed by atoms with Crippen LogP contribution in [0, 0.1) is 0 Å². The van der Waals surface area contributed by atoms with E-state index in [0.29, 0.717) is 0 Å². The van der Waals surface area contributed by atoms with E-state index in [1.54, 1.807) is 7.11 Å². The molecule has 1 nitrogen and oxygen atoms in total. The molecule has 0 saturated carbocycles. The fraction of sp³-hybridized carbons (Fsp3) is 1.00. The Morgan fingerprint density at radius 1 is 1.75 bits per heavy atom. The summed E-state index contributed by atoms with van der Waals surface area (Å²) in [5.74, 6) is 0. The van der Waals surface area contributed by atoms with Gasteiger partial charge in [0.1, 0.15) is 0 Å². The van der Waals surface area contributed by atoms with Gasteiger partial charge in [0.05, 0.1) is 0 Å². The molecule has 0 aliphatic carbocycles. The first kappa shape index (κ1) is 8.84. The molecular weight excluding hydrogens is 118 g/mol. The van der Waals surface area contributed by atoms with Gasteiger partial charge < -0.3 is 0 Å². The Kier molecular flexibility index (Phi) is 20.4. The molecule has 0 N–H and O–H groups in total. The molecule has 0 bridgehead atoms. The van der Waals surface area contributed by atoms with Gasteiger partial charge in [-0.1, -0.05) is 0 Å². The van der Waals surface area contributed by atoms with Gasteiger partial charge in [-0.2, -0.15) is 0 Å². The van der Waals surface area contributed by atoms with E-state index >= 15 is 0 Å². The maximum absolute atomic E-state index is 4.06. The van der Waals surface area contributed by atoms with Crippen LogP contribution in [0.3, 0.4) is 0 Å². The molecule has 0 heterocycles. The van der Waals surface area contributed by atoms with Crippen molar-refractivity contribution >= 4 is 12.4 Å². The zero-order valence-electron chi connectivity index (χ0n) is 2.19. The number of hydrogen-bond acceptors (Lipinski definition) is 1. The van der Waals surface area contributed by atoms with Crippen molar-refractivity contribution in [1.29, 1.82) is 0 Å². The largest absolute Gasteiger partial charge is 0.147 e. The minimum atomic E-state index is 0. The third-order valence-electron chi connectivity index (χ3n) is 0. The molecule has 28 valence electrons. The summed E-state index contributed by atoms with van der Waals surface area (Å²) >= 11 is 2.65. The van der Waals surface area contributed by atoms with E-state index in [2.05, 4.69) is 20.2 Å². The summed E-state index contributed by atoms with van der Waals surface area (Å²) in [6, 6.07) is 0. The van der Waals surface area contributed by atoms with Crippen LogP contribution in [0.15, 0.2) is 0 Å². The van der Waals surface area contributed by atoms with E-state index in [4.69, 9.17) is 0 Å². The monoisotopic (exact) mass is 122 g/mol. The van der Waals surface area contributed by atoms with Crippen LogP contribution in [0.5, 0.6) is 0 Å². The first-order valence-corrected chi connectivity index (χ1v) is 1.04. The zero-order valence-corrected chi connectivity index (χ0v) is 4.19. The SMILES string of the molecule is C[O][Mn].Cl. The Morgan fingerprint density at radius 3 is 1.75 bits per heavy atom. The first-order valence-electron chi connectivity index (χ1n) is 0.563. The van der Waals surface area contributed by atoms with Crippen molar-refractivity contribution in [2.75, 3.05) is 7.11 Å². The van der Waals surface area contributed by atoms with Gasteiger partial charge >= 0.3 is 27.3 Å². The molecule has 0 aromatic carbocycles. The Labute approximate surface area is 40.3 Å². The maximum Gasteiger partial charge on any atom is -0.147 e. The molecule has 0 saturated heterocycles. The predicted octanol–water partition coefficient (Wildman–Crippen LogP) is 0.516. The summed E-state index contributed by atoms with van der Waals surface area (Å²) < 4.78 is 4.06. The normalized spacial score (nSPS) is 4.50. The predicted molar refractivity (Wildman–Crippen MR) is 14.3 cm³/mol. The van der Waals surface area contributed by atoms with Gasteiger partial charge in [0.15, 0.2) is 0 Å². The molecular formula is CH4ClMnO. The Balaban J connectivity index is 0.